The van der Waals surface area contributed by atoms with Crippen LogP contribution in [0.25, 0.3) is 0 Å². The van der Waals surface area contributed by atoms with Gasteiger partial charge in [0.2, 0.25) is 0 Å². The van der Waals surface area contributed by atoms with E-state index < -0.39 is 12.1 Å². The molecule has 0 amide bonds. The highest BCUT2D eigenvalue weighted by Crippen LogP contribution is 2.26. The molecule has 0 bridgehead atoms. The molecule has 2 atom stereocenters. The first-order valence-electron chi connectivity index (χ1n) is 5.56. The van der Waals surface area contributed by atoms with Crippen molar-refractivity contribution in [3.05, 3.63) is 18.1 Å². The lowest BCUT2D eigenvalue weighted by atomic mass is 10.1. The number of nitrogens with zero attached hydrogens (tertiary/aromatic N) is 3. The van der Waals surface area contributed by atoms with Gasteiger partial charge in [0.15, 0.2) is 5.69 Å². The molecule has 6 heteroatoms. The molecular weight excluding hydrogens is 225 g/mol. The van der Waals surface area contributed by atoms with Crippen LogP contribution >= 0.6 is 0 Å². The van der Waals surface area contributed by atoms with E-state index in [1.165, 1.54) is 12.4 Å². The van der Waals surface area contributed by atoms with Crippen molar-refractivity contribution in [2.24, 2.45) is 5.92 Å². The van der Waals surface area contributed by atoms with Gasteiger partial charge in [-0.05, 0) is 6.42 Å². The summed E-state index contributed by atoms with van der Waals surface area (Å²) in [5.41, 5.74) is -0.100. The van der Waals surface area contributed by atoms with E-state index in [9.17, 15) is 9.18 Å². The third-order valence-corrected chi connectivity index (χ3v) is 3.07. The highest BCUT2D eigenvalue weighted by atomic mass is 19.1. The van der Waals surface area contributed by atoms with E-state index in [2.05, 4.69) is 9.97 Å². The van der Waals surface area contributed by atoms with Gasteiger partial charge in [0.05, 0.1) is 18.9 Å². The van der Waals surface area contributed by atoms with Crippen molar-refractivity contribution in [3.63, 3.8) is 0 Å². The number of aromatic carboxylic acids is 1. The summed E-state index contributed by atoms with van der Waals surface area (Å²) >= 11 is 0. The van der Waals surface area contributed by atoms with Crippen molar-refractivity contribution in [2.45, 2.75) is 19.5 Å². The zero-order chi connectivity index (χ0) is 12.4. The van der Waals surface area contributed by atoms with Gasteiger partial charge in [-0.15, -0.1) is 0 Å². The standard InChI is InChI=1S/C11H14FN3O2/c1-2-7-5-15(6-8(7)12)10-4-13-9(3-14-10)11(16)17/h3-4,7-8H,2,5-6H2,1H3,(H,16,17)/t7-,8+/m1/s1. The van der Waals surface area contributed by atoms with Crippen molar-refractivity contribution in [3.8, 4) is 0 Å². The maximum atomic E-state index is 13.5. The highest BCUT2D eigenvalue weighted by Gasteiger charge is 2.32. The number of carbonyl (C=O) groups is 1. The molecule has 1 aromatic heterocycles. The molecule has 1 saturated heterocycles. The summed E-state index contributed by atoms with van der Waals surface area (Å²) in [7, 11) is 0. The zero-order valence-corrected chi connectivity index (χ0v) is 9.51. The summed E-state index contributed by atoms with van der Waals surface area (Å²) in [6, 6.07) is 0. The predicted molar refractivity (Wildman–Crippen MR) is 59.9 cm³/mol. The smallest absolute Gasteiger partial charge is 0.356 e. The van der Waals surface area contributed by atoms with E-state index in [0.717, 1.165) is 6.42 Å². The summed E-state index contributed by atoms with van der Waals surface area (Å²) in [6.07, 6.45) is 2.53. The van der Waals surface area contributed by atoms with Crippen molar-refractivity contribution >= 4 is 11.8 Å². The highest BCUT2D eigenvalue weighted by molar-refractivity contribution is 5.84. The lowest BCUT2D eigenvalue weighted by molar-refractivity contribution is 0.0690. The number of anilines is 1. The van der Waals surface area contributed by atoms with E-state index in [1.54, 1.807) is 4.90 Å². The van der Waals surface area contributed by atoms with Crippen LogP contribution in [0.15, 0.2) is 12.4 Å². The Balaban J connectivity index is 2.11. The maximum absolute atomic E-state index is 13.5. The number of halogens is 1. The Morgan fingerprint density at radius 3 is 2.76 bits per heavy atom. The molecule has 1 aliphatic heterocycles. The Hall–Kier alpha value is -1.72. The first kappa shape index (κ1) is 11.8. The third-order valence-electron chi connectivity index (χ3n) is 3.07. The van der Waals surface area contributed by atoms with E-state index in [0.29, 0.717) is 18.9 Å². The van der Waals surface area contributed by atoms with Gasteiger partial charge in [0.25, 0.3) is 0 Å². The Kier molecular flexibility index (Phi) is 3.21. The van der Waals surface area contributed by atoms with Crippen molar-refractivity contribution < 1.29 is 14.3 Å². The van der Waals surface area contributed by atoms with Crippen LogP contribution in [0.2, 0.25) is 0 Å². The van der Waals surface area contributed by atoms with Crippen LogP contribution in [0.1, 0.15) is 23.8 Å². The van der Waals surface area contributed by atoms with Crippen LogP contribution < -0.4 is 4.90 Å². The second kappa shape index (κ2) is 4.65. The fourth-order valence-corrected chi connectivity index (χ4v) is 2.00. The molecule has 0 spiro atoms. The molecule has 0 aliphatic carbocycles. The van der Waals surface area contributed by atoms with Gasteiger partial charge in [-0.3, -0.25) is 0 Å². The number of rotatable bonds is 3. The van der Waals surface area contributed by atoms with Crippen LogP contribution in [-0.4, -0.2) is 40.3 Å². The van der Waals surface area contributed by atoms with Gasteiger partial charge >= 0.3 is 5.97 Å². The molecule has 0 radical (unpaired) electrons. The van der Waals surface area contributed by atoms with Crippen LogP contribution in [0.3, 0.4) is 0 Å². The van der Waals surface area contributed by atoms with Gasteiger partial charge in [0, 0.05) is 12.5 Å². The van der Waals surface area contributed by atoms with Gasteiger partial charge in [-0.1, -0.05) is 6.92 Å². The second-order valence-corrected chi connectivity index (χ2v) is 4.15. The molecule has 0 aromatic carbocycles. The van der Waals surface area contributed by atoms with E-state index in [4.69, 9.17) is 5.11 Å². The Morgan fingerprint density at radius 2 is 2.29 bits per heavy atom. The fraction of sp³-hybridized carbons (Fsp3) is 0.545. The van der Waals surface area contributed by atoms with Gasteiger partial charge in [-0.2, -0.15) is 0 Å². The minimum atomic E-state index is -1.11. The van der Waals surface area contributed by atoms with E-state index in [1.807, 2.05) is 6.92 Å². The van der Waals surface area contributed by atoms with E-state index >= 15 is 0 Å². The Morgan fingerprint density at radius 1 is 1.53 bits per heavy atom. The van der Waals surface area contributed by atoms with Crippen LogP contribution in [0.5, 0.6) is 0 Å². The summed E-state index contributed by atoms with van der Waals surface area (Å²) in [6.45, 7) is 2.87. The molecule has 5 nitrogen and oxygen atoms in total. The summed E-state index contributed by atoms with van der Waals surface area (Å²) in [5, 5.41) is 8.69. The number of hydrogen-bond donors (Lipinski definition) is 1. The molecule has 2 rings (SSSR count). The second-order valence-electron chi connectivity index (χ2n) is 4.15. The van der Waals surface area contributed by atoms with E-state index in [-0.39, 0.29) is 11.6 Å². The molecule has 0 saturated carbocycles. The molecule has 1 fully saturated rings. The molecule has 92 valence electrons. The average molecular weight is 239 g/mol. The van der Waals surface area contributed by atoms with Crippen molar-refractivity contribution in [1.29, 1.82) is 0 Å². The molecular formula is C11H14FN3O2. The van der Waals surface area contributed by atoms with Gasteiger partial charge < -0.3 is 10.0 Å². The monoisotopic (exact) mass is 239 g/mol. The number of hydrogen-bond acceptors (Lipinski definition) is 4. The number of carboxylic acid groups (broad SMARTS) is 1. The largest absolute Gasteiger partial charge is 0.476 e. The maximum Gasteiger partial charge on any atom is 0.356 e. The summed E-state index contributed by atoms with van der Waals surface area (Å²) < 4.78 is 13.5. The van der Waals surface area contributed by atoms with Crippen LogP contribution in [0, 0.1) is 5.92 Å². The molecule has 1 aromatic rings. The number of alkyl halides is 1. The van der Waals surface area contributed by atoms with Crippen molar-refractivity contribution in [1.82, 2.24) is 9.97 Å². The topological polar surface area (TPSA) is 66.3 Å². The zero-order valence-electron chi connectivity index (χ0n) is 9.51. The Labute approximate surface area is 98.3 Å². The third kappa shape index (κ3) is 2.35. The van der Waals surface area contributed by atoms with Crippen LogP contribution in [0.4, 0.5) is 10.2 Å². The first-order chi connectivity index (χ1) is 8.11. The summed E-state index contributed by atoms with van der Waals surface area (Å²) in [5.74, 6) is -0.551. The van der Waals surface area contributed by atoms with Crippen LogP contribution in [-0.2, 0) is 0 Å². The lowest BCUT2D eigenvalue weighted by Crippen LogP contribution is -2.21. The molecule has 0 unspecified atom stereocenters. The number of aromatic nitrogens is 2. The van der Waals surface area contributed by atoms with Gasteiger partial charge in [0.1, 0.15) is 12.0 Å². The quantitative estimate of drug-likeness (QED) is 0.862. The summed E-state index contributed by atoms with van der Waals surface area (Å²) in [4.78, 5) is 20.2. The normalized spacial score (nSPS) is 24.0. The molecule has 1 aliphatic rings. The Bertz CT molecular complexity index is 410. The molecule has 2 heterocycles. The molecule has 1 N–H and O–H groups in total. The first-order valence-corrected chi connectivity index (χ1v) is 5.56. The van der Waals surface area contributed by atoms with Crippen molar-refractivity contribution in [2.75, 3.05) is 18.0 Å². The minimum absolute atomic E-state index is 0.0240. The molecule has 17 heavy (non-hydrogen) atoms. The fourth-order valence-electron chi connectivity index (χ4n) is 2.00. The minimum Gasteiger partial charge on any atom is -0.476 e. The predicted octanol–water partition coefficient (Wildman–Crippen LogP) is 1.36. The van der Waals surface area contributed by atoms with Gasteiger partial charge in [-0.25, -0.2) is 19.2 Å². The number of carboxylic acids is 1. The SMILES string of the molecule is CC[C@@H]1CN(c2cnc(C(=O)O)cn2)C[C@@H]1F. The average Bonchev–Trinajstić information content (AvgIpc) is 2.70. The lowest BCUT2D eigenvalue weighted by Gasteiger charge is -2.15.